The lowest BCUT2D eigenvalue weighted by Gasteiger charge is -2.39. The second kappa shape index (κ2) is 14.0. The van der Waals surface area contributed by atoms with Crippen molar-refractivity contribution >= 4 is 39.4 Å². The summed E-state index contributed by atoms with van der Waals surface area (Å²) in [6.45, 7) is 6.79. The number of hydrogen-bond acceptors (Lipinski definition) is 3. The van der Waals surface area contributed by atoms with Crippen LogP contribution in [0.25, 0.3) is 56.0 Å². The maximum atomic E-state index is 6.46. The van der Waals surface area contributed by atoms with E-state index in [0.717, 1.165) is 56.8 Å². The molecule has 0 saturated heterocycles. The van der Waals surface area contributed by atoms with Gasteiger partial charge in [0.1, 0.15) is 17.3 Å². The lowest BCUT2D eigenvalue weighted by atomic mass is 9.65. The number of nitrogens with one attached hydrogen (secondary N) is 1. The van der Waals surface area contributed by atoms with Crippen molar-refractivity contribution in [2.75, 3.05) is 0 Å². The Hall–Kier alpha value is -5.67. The van der Waals surface area contributed by atoms with Crippen LogP contribution in [-0.4, -0.2) is 11.9 Å². The number of rotatable bonds is 7. The van der Waals surface area contributed by atoms with Crippen LogP contribution in [0.15, 0.2) is 149 Å². The molecule has 1 aromatic heterocycles. The summed E-state index contributed by atoms with van der Waals surface area (Å²) in [7, 11) is 0. The molecule has 0 spiro atoms. The maximum Gasteiger partial charge on any atom is 0.136 e. The fraction of sp³-hybridized carbons (Fsp3) is 0.220. The molecule has 4 atom stereocenters. The van der Waals surface area contributed by atoms with Gasteiger partial charge in [0.15, 0.2) is 0 Å². The van der Waals surface area contributed by atoms with Crippen LogP contribution in [0.4, 0.5) is 0 Å². The largest absolute Gasteiger partial charge is 0.456 e. The minimum atomic E-state index is -0.0861. The molecule has 0 radical (unpaired) electrons. The Balaban J connectivity index is 1.06. The zero-order valence-corrected chi connectivity index (χ0v) is 30.8. The second-order valence-electron chi connectivity index (χ2n) is 15.1. The van der Waals surface area contributed by atoms with Crippen molar-refractivity contribution < 1.29 is 4.42 Å². The molecule has 1 fully saturated rings. The van der Waals surface area contributed by atoms with Crippen LogP contribution in [0, 0.1) is 18.8 Å². The number of aliphatic imine (C=N–C) groups is 1. The highest BCUT2D eigenvalue weighted by Gasteiger charge is 2.34. The molecule has 0 amide bonds. The smallest absolute Gasteiger partial charge is 0.136 e. The van der Waals surface area contributed by atoms with E-state index in [0.29, 0.717) is 11.8 Å². The third-order valence-corrected chi connectivity index (χ3v) is 11.7. The molecule has 262 valence electrons. The summed E-state index contributed by atoms with van der Waals surface area (Å²) in [5, 5.41) is 5.87. The van der Waals surface area contributed by atoms with Crippen molar-refractivity contribution in [2.24, 2.45) is 16.8 Å². The van der Waals surface area contributed by atoms with Gasteiger partial charge in [-0.3, -0.25) is 4.99 Å². The predicted octanol–water partition coefficient (Wildman–Crippen LogP) is 13.1. The summed E-state index contributed by atoms with van der Waals surface area (Å²) in [4.78, 5) is 5.25. The first-order valence-electron chi connectivity index (χ1n) is 19.3. The maximum absolute atomic E-state index is 6.46. The van der Waals surface area contributed by atoms with Gasteiger partial charge in [0.2, 0.25) is 0 Å². The average molecular weight is 691 g/mol. The van der Waals surface area contributed by atoms with Gasteiger partial charge in [-0.2, -0.15) is 0 Å². The number of nitrogens with zero attached hydrogens (tertiary/aromatic N) is 1. The first-order chi connectivity index (χ1) is 26.0. The topological polar surface area (TPSA) is 37.5 Å². The Morgan fingerprint density at radius 3 is 2.43 bits per heavy atom. The van der Waals surface area contributed by atoms with Crippen LogP contribution < -0.4 is 5.32 Å². The molecule has 0 bridgehead atoms. The average Bonchev–Trinajstić information content (AvgIpc) is 3.58. The zero-order valence-electron chi connectivity index (χ0n) is 30.8. The summed E-state index contributed by atoms with van der Waals surface area (Å²) in [5.41, 5.74) is 15.3. The summed E-state index contributed by atoms with van der Waals surface area (Å²) >= 11 is 0. The van der Waals surface area contributed by atoms with Crippen LogP contribution in [-0.2, 0) is 0 Å². The molecule has 9 rings (SSSR count). The van der Waals surface area contributed by atoms with Crippen molar-refractivity contribution in [3.05, 3.63) is 167 Å². The van der Waals surface area contributed by atoms with Gasteiger partial charge in [-0.15, -0.1) is 0 Å². The highest BCUT2D eigenvalue weighted by atomic mass is 16.3. The Morgan fingerprint density at radius 1 is 0.792 bits per heavy atom. The molecule has 3 aliphatic rings. The van der Waals surface area contributed by atoms with E-state index in [-0.39, 0.29) is 6.17 Å². The van der Waals surface area contributed by atoms with Crippen molar-refractivity contribution in [3.63, 3.8) is 0 Å². The van der Waals surface area contributed by atoms with Crippen LogP contribution >= 0.6 is 0 Å². The van der Waals surface area contributed by atoms with Gasteiger partial charge in [-0.25, -0.2) is 0 Å². The van der Waals surface area contributed by atoms with Gasteiger partial charge in [-0.1, -0.05) is 135 Å². The van der Waals surface area contributed by atoms with Crippen molar-refractivity contribution in [2.45, 2.75) is 58.5 Å². The zero-order chi connectivity index (χ0) is 35.9. The Labute approximate surface area is 313 Å². The first kappa shape index (κ1) is 33.2. The number of hydrogen-bond donors (Lipinski definition) is 1. The van der Waals surface area contributed by atoms with E-state index in [1.165, 1.54) is 52.6 Å². The van der Waals surface area contributed by atoms with E-state index in [1.54, 1.807) is 5.56 Å². The van der Waals surface area contributed by atoms with Crippen molar-refractivity contribution in [3.8, 4) is 22.3 Å². The van der Waals surface area contributed by atoms with E-state index in [2.05, 4.69) is 159 Å². The van der Waals surface area contributed by atoms with Gasteiger partial charge in [-0.05, 0) is 113 Å². The van der Waals surface area contributed by atoms with Crippen LogP contribution in [0.2, 0.25) is 0 Å². The number of benzene rings is 5. The Bertz CT molecular complexity index is 2470. The van der Waals surface area contributed by atoms with E-state index in [1.807, 2.05) is 13.0 Å². The molecular weight excluding hydrogens is 645 g/mol. The third kappa shape index (κ3) is 6.29. The summed E-state index contributed by atoms with van der Waals surface area (Å²) in [5.74, 6) is 2.12. The van der Waals surface area contributed by atoms with E-state index < -0.39 is 0 Å². The minimum absolute atomic E-state index is 0.0861. The highest BCUT2D eigenvalue weighted by Crippen LogP contribution is 2.48. The van der Waals surface area contributed by atoms with E-state index in [4.69, 9.17) is 9.41 Å². The Morgan fingerprint density at radius 2 is 1.60 bits per heavy atom. The second-order valence-corrected chi connectivity index (χ2v) is 15.1. The van der Waals surface area contributed by atoms with Gasteiger partial charge >= 0.3 is 0 Å². The summed E-state index contributed by atoms with van der Waals surface area (Å²) < 4.78 is 6.46. The van der Waals surface area contributed by atoms with Crippen LogP contribution in [0.1, 0.15) is 73.3 Å². The molecule has 1 N–H and O–H groups in total. The van der Waals surface area contributed by atoms with E-state index in [9.17, 15) is 0 Å². The number of fused-ring (bicyclic) bond motifs is 6. The van der Waals surface area contributed by atoms with Gasteiger partial charge in [0, 0.05) is 28.5 Å². The molecule has 3 unspecified atom stereocenters. The van der Waals surface area contributed by atoms with Crippen molar-refractivity contribution in [1.82, 2.24) is 5.32 Å². The molecule has 6 aromatic rings. The van der Waals surface area contributed by atoms with Crippen LogP contribution in [0.5, 0.6) is 0 Å². The molecule has 3 heteroatoms. The third-order valence-electron chi connectivity index (χ3n) is 11.7. The summed E-state index contributed by atoms with van der Waals surface area (Å²) in [6, 6.07) is 37.3. The Kier molecular flexibility index (Phi) is 8.79. The SMILES string of the molecule is C/C=C\C=C/CC1N=C(c2cccc3oc4ccc(-c5ccc(-c6cc(C)c7c(c6)C=C[C@@H]6C(C)CCCC76)cc5)cc4c23)C=C(c2ccccc2)N1. The van der Waals surface area contributed by atoms with Crippen molar-refractivity contribution in [1.29, 1.82) is 0 Å². The van der Waals surface area contributed by atoms with Gasteiger partial charge in [0.25, 0.3) is 0 Å². The lowest BCUT2D eigenvalue weighted by Crippen LogP contribution is -2.30. The molecule has 2 aliphatic carbocycles. The molecule has 3 nitrogen and oxygen atoms in total. The van der Waals surface area contributed by atoms with Gasteiger partial charge < -0.3 is 9.73 Å². The van der Waals surface area contributed by atoms with E-state index >= 15 is 0 Å². The molecule has 2 heterocycles. The summed E-state index contributed by atoms with van der Waals surface area (Å²) in [6.07, 6.45) is 20.1. The fourth-order valence-electron chi connectivity index (χ4n) is 9.06. The molecular formula is C50H46N2O. The standard InChI is InChI=1S/C50H46N2O/c1-4-5-6-10-19-48-51-44(36-14-8-7-9-15-36)31-45(52-48)42-17-12-18-47-50(42)43-30-37(25-27-46(43)53-47)34-20-22-35(23-21-34)39-28-33(3)49-38(29-39)24-26-40-32(2)13-11-16-41(40)49/h4-10,12,14-15,17-18,20-32,40-41,48,51H,11,13,16,19H2,1-3H3/b5-4-,10-6-/t32?,40-,41?,48?/m1/s1. The lowest BCUT2D eigenvalue weighted by molar-refractivity contribution is 0.264. The fourth-order valence-corrected chi connectivity index (χ4v) is 9.06. The molecule has 5 aromatic carbocycles. The molecule has 53 heavy (non-hydrogen) atoms. The highest BCUT2D eigenvalue weighted by molar-refractivity contribution is 6.24. The number of aryl methyl sites for hydroxylation is 1. The minimum Gasteiger partial charge on any atom is -0.456 e. The monoisotopic (exact) mass is 690 g/mol. The normalized spacial score (nSPS) is 21.1. The first-order valence-corrected chi connectivity index (χ1v) is 19.3. The quantitative estimate of drug-likeness (QED) is 0.169. The van der Waals surface area contributed by atoms with Gasteiger partial charge in [0.05, 0.1) is 5.71 Å². The molecule has 1 aliphatic heterocycles. The van der Waals surface area contributed by atoms with Crippen LogP contribution in [0.3, 0.4) is 0 Å². The number of furan rings is 1. The number of allylic oxidation sites excluding steroid dienone is 5. The predicted molar refractivity (Wildman–Crippen MR) is 224 cm³/mol. The molecule has 1 saturated carbocycles.